The fourth-order valence-electron chi connectivity index (χ4n) is 3.15. The molecule has 2 aromatic heterocycles. The van der Waals surface area contributed by atoms with Crippen LogP contribution in [-0.4, -0.2) is 16.8 Å². The first-order valence-corrected chi connectivity index (χ1v) is 9.58. The van der Waals surface area contributed by atoms with E-state index in [1.165, 1.54) is 11.3 Å². The molecule has 3 aromatic rings. The monoisotopic (exact) mass is 369 g/mol. The second-order valence-corrected chi connectivity index (χ2v) is 7.91. The van der Waals surface area contributed by atoms with Crippen LogP contribution >= 0.6 is 22.7 Å². The molecule has 0 spiro atoms. The van der Waals surface area contributed by atoms with E-state index in [1.54, 1.807) is 40.5 Å². The number of nitrogens with zero attached hydrogens (tertiary/aromatic N) is 1. The zero-order chi connectivity index (χ0) is 17.4. The number of amides is 1. The number of para-hydroxylation sites is 1. The van der Waals surface area contributed by atoms with Crippen molar-refractivity contribution in [1.82, 2.24) is 0 Å². The fraction of sp³-hybridized carbons (Fsp3) is 0.158. The Morgan fingerprint density at radius 2 is 1.80 bits per heavy atom. The summed E-state index contributed by atoms with van der Waals surface area (Å²) in [5, 5.41) is 14.9. The summed E-state index contributed by atoms with van der Waals surface area (Å²) in [4.78, 5) is 28.7. The van der Waals surface area contributed by atoms with E-state index in [0.29, 0.717) is 22.7 Å². The van der Waals surface area contributed by atoms with Crippen molar-refractivity contribution >= 4 is 40.1 Å². The highest BCUT2D eigenvalue weighted by atomic mass is 32.1. The molecule has 6 heteroatoms. The van der Waals surface area contributed by atoms with E-state index in [-0.39, 0.29) is 12.2 Å². The number of rotatable bonds is 5. The summed E-state index contributed by atoms with van der Waals surface area (Å²) < 4.78 is 0. The number of fused-ring (bicyclic) bond motifs is 1. The van der Waals surface area contributed by atoms with Crippen molar-refractivity contribution in [2.24, 2.45) is 0 Å². The van der Waals surface area contributed by atoms with Gasteiger partial charge in [-0.15, -0.1) is 22.7 Å². The van der Waals surface area contributed by atoms with Gasteiger partial charge in [-0.3, -0.25) is 9.59 Å². The predicted octanol–water partition coefficient (Wildman–Crippen LogP) is 3.82. The molecule has 1 aromatic carbocycles. The number of carbonyl (C=O) groups is 2. The van der Waals surface area contributed by atoms with Gasteiger partial charge in [0.15, 0.2) is 11.4 Å². The van der Waals surface area contributed by atoms with Gasteiger partial charge in [-0.2, -0.15) is 0 Å². The van der Waals surface area contributed by atoms with Crippen LogP contribution in [0.2, 0.25) is 0 Å². The summed E-state index contributed by atoms with van der Waals surface area (Å²) in [6.07, 6.45) is -0.246. The van der Waals surface area contributed by atoms with E-state index in [2.05, 4.69) is 0 Å². The first kappa shape index (κ1) is 16.2. The molecular formula is C19H15NO3S2. The minimum atomic E-state index is -1.81. The Hall–Kier alpha value is -2.28. The third-order valence-corrected chi connectivity index (χ3v) is 6.12. The van der Waals surface area contributed by atoms with E-state index in [1.807, 2.05) is 35.0 Å². The van der Waals surface area contributed by atoms with Gasteiger partial charge in [0, 0.05) is 10.4 Å². The Balaban J connectivity index is 1.70. The number of anilines is 1. The van der Waals surface area contributed by atoms with E-state index >= 15 is 0 Å². The highest BCUT2D eigenvalue weighted by Gasteiger charge is 2.50. The van der Waals surface area contributed by atoms with Crippen molar-refractivity contribution in [3.8, 4) is 0 Å². The number of aliphatic hydroxyl groups is 1. The van der Waals surface area contributed by atoms with Gasteiger partial charge in [-0.25, -0.2) is 0 Å². The molecule has 126 valence electrons. The molecule has 25 heavy (non-hydrogen) atoms. The van der Waals surface area contributed by atoms with Gasteiger partial charge in [0.05, 0.1) is 23.5 Å². The zero-order valence-electron chi connectivity index (χ0n) is 13.2. The van der Waals surface area contributed by atoms with Crippen LogP contribution in [-0.2, 0) is 16.9 Å². The molecule has 0 saturated heterocycles. The summed E-state index contributed by atoms with van der Waals surface area (Å²) >= 11 is 2.87. The summed E-state index contributed by atoms with van der Waals surface area (Å²) in [6, 6.07) is 14.5. The van der Waals surface area contributed by atoms with E-state index in [4.69, 9.17) is 0 Å². The van der Waals surface area contributed by atoms with Gasteiger partial charge in [0.2, 0.25) is 0 Å². The molecule has 1 N–H and O–H groups in total. The first-order chi connectivity index (χ1) is 12.1. The zero-order valence-corrected chi connectivity index (χ0v) is 14.8. The third kappa shape index (κ3) is 2.72. The second kappa shape index (κ2) is 6.22. The molecule has 4 rings (SSSR count). The molecule has 0 saturated carbocycles. The van der Waals surface area contributed by atoms with Crippen molar-refractivity contribution in [2.45, 2.75) is 18.6 Å². The highest BCUT2D eigenvalue weighted by Crippen LogP contribution is 2.43. The SMILES string of the molecule is O=C(C[C@@]1(O)C(=O)N(Cc2cccs2)c2ccccc21)c1cccs1. The quantitative estimate of drug-likeness (QED) is 0.696. The van der Waals surface area contributed by atoms with E-state index < -0.39 is 11.5 Å². The lowest BCUT2D eigenvalue weighted by Gasteiger charge is -2.22. The van der Waals surface area contributed by atoms with Crippen LogP contribution in [0, 0.1) is 0 Å². The topological polar surface area (TPSA) is 57.6 Å². The Kier molecular flexibility index (Phi) is 4.03. The molecule has 1 aliphatic heterocycles. The Morgan fingerprint density at radius 1 is 1.04 bits per heavy atom. The van der Waals surface area contributed by atoms with Gasteiger partial charge >= 0.3 is 0 Å². The van der Waals surface area contributed by atoms with Crippen molar-refractivity contribution < 1.29 is 14.7 Å². The Morgan fingerprint density at radius 3 is 2.52 bits per heavy atom. The lowest BCUT2D eigenvalue weighted by atomic mass is 9.89. The number of hydrogen-bond donors (Lipinski definition) is 1. The molecule has 1 atom stereocenters. The Bertz CT molecular complexity index is 918. The van der Waals surface area contributed by atoms with Gasteiger partial charge in [-0.1, -0.05) is 30.3 Å². The van der Waals surface area contributed by atoms with Gasteiger partial charge < -0.3 is 10.0 Å². The normalized spacial score (nSPS) is 19.2. The molecule has 0 fully saturated rings. The number of benzene rings is 1. The summed E-state index contributed by atoms with van der Waals surface area (Å²) in [5.41, 5.74) is -0.640. The molecule has 4 nitrogen and oxygen atoms in total. The van der Waals surface area contributed by atoms with Gasteiger partial charge in [0.1, 0.15) is 0 Å². The van der Waals surface area contributed by atoms with E-state index in [9.17, 15) is 14.7 Å². The highest BCUT2D eigenvalue weighted by molar-refractivity contribution is 7.12. The maximum atomic E-state index is 13.0. The number of carbonyl (C=O) groups excluding carboxylic acids is 2. The molecule has 0 unspecified atom stereocenters. The third-order valence-electron chi connectivity index (χ3n) is 4.35. The first-order valence-electron chi connectivity index (χ1n) is 7.82. The number of thiophene rings is 2. The van der Waals surface area contributed by atoms with Crippen LogP contribution in [0.15, 0.2) is 59.3 Å². The molecule has 3 heterocycles. The van der Waals surface area contributed by atoms with Crippen molar-refractivity contribution in [1.29, 1.82) is 0 Å². The minimum Gasteiger partial charge on any atom is -0.375 e. The minimum absolute atomic E-state index is 0.223. The smallest absolute Gasteiger partial charge is 0.264 e. The number of ketones is 1. The molecular weight excluding hydrogens is 354 g/mol. The van der Waals surface area contributed by atoms with Crippen LogP contribution < -0.4 is 4.90 Å². The summed E-state index contributed by atoms with van der Waals surface area (Å²) in [7, 11) is 0. The van der Waals surface area contributed by atoms with Gasteiger partial charge in [0.25, 0.3) is 5.91 Å². The number of hydrogen-bond acceptors (Lipinski definition) is 5. The second-order valence-electron chi connectivity index (χ2n) is 5.93. The standard InChI is InChI=1S/C19H15NO3S2/c21-16(17-8-4-10-25-17)11-19(23)14-6-1-2-7-15(14)20(18(19)22)12-13-5-3-9-24-13/h1-10,23H,11-12H2/t19-/m0/s1. The molecule has 0 aliphatic carbocycles. The van der Waals surface area contributed by atoms with Gasteiger partial charge in [-0.05, 0) is 29.0 Å². The Labute approximate surface area is 153 Å². The lowest BCUT2D eigenvalue weighted by molar-refractivity contribution is -0.136. The lowest BCUT2D eigenvalue weighted by Crippen LogP contribution is -2.41. The largest absolute Gasteiger partial charge is 0.375 e. The van der Waals surface area contributed by atoms with E-state index in [0.717, 1.165) is 4.88 Å². The molecule has 0 bridgehead atoms. The average molecular weight is 369 g/mol. The van der Waals surface area contributed by atoms with Crippen LogP contribution in [0.1, 0.15) is 26.5 Å². The maximum Gasteiger partial charge on any atom is 0.264 e. The van der Waals surface area contributed by atoms with Crippen LogP contribution in [0.25, 0.3) is 0 Å². The van der Waals surface area contributed by atoms with Crippen LogP contribution in [0.5, 0.6) is 0 Å². The van der Waals surface area contributed by atoms with Crippen molar-refractivity contribution in [2.75, 3.05) is 4.90 Å². The predicted molar refractivity (Wildman–Crippen MR) is 99.1 cm³/mol. The summed E-state index contributed by atoms with van der Waals surface area (Å²) in [5.74, 6) is -0.661. The van der Waals surface area contributed by atoms with Crippen LogP contribution in [0.3, 0.4) is 0 Å². The maximum absolute atomic E-state index is 13.0. The average Bonchev–Trinajstić information content (AvgIpc) is 3.35. The molecule has 1 aliphatic rings. The summed E-state index contributed by atoms with van der Waals surface area (Å²) in [6.45, 7) is 0.392. The van der Waals surface area contributed by atoms with Crippen molar-refractivity contribution in [3.05, 3.63) is 74.6 Å². The molecule has 1 amide bonds. The van der Waals surface area contributed by atoms with Crippen molar-refractivity contribution in [3.63, 3.8) is 0 Å². The number of Topliss-reactive ketones (excluding diaryl/α,β-unsaturated/α-hetero) is 1. The fourth-order valence-corrected chi connectivity index (χ4v) is 4.51. The van der Waals surface area contributed by atoms with Crippen LogP contribution in [0.4, 0.5) is 5.69 Å². The molecule has 0 radical (unpaired) electrons.